The molecule has 0 bridgehead atoms. The number of pyridine rings is 1. The molecule has 0 spiro atoms. The first-order valence-electron chi connectivity index (χ1n) is 3.31. The average molecular weight is 173 g/mol. The molecule has 4 heteroatoms. The van der Waals surface area contributed by atoms with Crippen molar-refractivity contribution in [3.8, 4) is 0 Å². The highest BCUT2D eigenvalue weighted by molar-refractivity contribution is 6.30. The molecule has 1 aromatic heterocycles. The van der Waals surface area contributed by atoms with Crippen molar-refractivity contribution < 1.29 is 0 Å². The van der Waals surface area contributed by atoms with Crippen LogP contribution in [0.4, 0.5) is 0 Å². The van der Waals surface area contributed by atoms with Crippen molar-refractivity contribution in [3.05, 3.63) is 33.2 Å². The topological polar surface area (TPSA) is 58.9 Å². The van der Waals surface area contributed by atoms with Crippen LogP contribution in [0.5, 0.6) is 0 Å². The summed E-state index contributed by atoms with van der Waals surface area (Å²) in [5.41, 5.74) is 5.90. The van der Waals surface area contributed by atoms with Gasteiger partial charge in [-0.2, -0.15) is 0 Å². The Hall–Kier alpha value is -0.800. The minimum atomic E-state index is -0.180. The number of rotatable bonds is 2. The lowest BCUT2D eigenvalue weighted by Crippen LogP contribution is -2.11. The predicted molar refractivity (Wildman–Crippen MR) is 44.8 cm³/mol. The molecule has 0 radical (unpaired) electrons. The van der Waals surface area contributed by atoms with Gasteiger partial charge >= 0.3 is 0 Å². The molecule has 0 aliphatic carbocycles. The first-order chi connectivity index (χ1) is 5.22. The number of nitrogens with two attached hydrogens (primary N) is 1. The van der Waals surface area contributed by atoms with Gasteiger partial charge in [0.2, 0.25) is 5.56 Å². The van der Waals surface area contributed by atoms with Crippen LogP contribution in [0.1, 0.15) is 5.69 Å². The fourth-order valence-corrected chi connectivity index (χ4v) is 1.08. The van der Waals surface area contributed by atoms with E-state index in [1.54, 1.807) is 6.07 Å². The van der Waals surface area contributed by atoms with Crippen LogP contribution in [0.3, 0.4) is 0 Å². The molecule has 0 atom stereocenters. The third kappa shape index (κ3) is 2.37. The van der Waals surface area contributed by atoms with Crippen LogP contribution in [0, 0.1) is 0 Å². The van der Waals surface area contributed by atoms with E-state index in [4.69, 9.17) is 17.3 Å². The predicted octanol–water partition coefficient (Wildman–Crippen LogP) is 0.529. The highest BCUT2D eigenvalue weighted by atomic mass is 35.5. The van der Waals surface area contributed by atoms with Crippen molar-refractivity contribution in [2.45, 2.75) is 6.42 Å². The molecule has 0 fully saturated rings. The van der Waals surface area contributed by atoms with Crippen molar-refractivity contribution in [1.82, 2.24) is 4.98 Å². The lowest BCUT2D eigenvalue weighted by Gasteiger charge is -1.97. The highest BCUT2D eigenvalue weighted by Crippen LogP contribution is 2.04. The fourth-order valence-electron chi connectivity index (χ4n) is 0.854. The van der Waals surface area contributed by atoms with Crippen molar-refractivity contribution in [2.24, 2.45) is 5.73 Å². The van der Waals surface area contributed by atoms with Gasteiger partial charge in [-0.3, -0.25) is 4.79 Å². The summed E-state index contributed by atoms with van der Waals surface area (Å²) in [6.07, 6.45) is 0.649. The Labute approximate surface area is 69.2 Å². The number of H-pyrrole nitrogens is 1. The standard InChI is InChI=1S/C7H9ClN2O/c8-5-3-6(1-2-9)10-7(11)4-5/h3-4H,1-2,9H2,(H,10,11). The van der Waals surface area contributed by atoms with E-state index in [1.165, 1.54) is 6.07 Å². The summed E-state index contributed by atoms with van der Waals surface area (Å²) in [4.78, 5) is 13.4. The monoisotopic (exact) mass is 172 g/mol. The number of nitrogens with one attached hydrogen (secondary N) is 1. The minimum Gasteiger partial charge on any atom is -0.330 e. The molecule has 11 heavy (non-hydrogen) atoms. The molecule has 1 rings (SSSR count). The first-order valence-corrected chi connectivity index (χ1v) is 3.69. The Bertz CT molecular complexity index is 295. The van der Waals surface area contributed by atoms with Crippen LogP contribution < -0.4 is 11.3 Å². The molecule has 60 valence electrons. The maximum absolute atomic E-state index is 10.8. The van der Waals surface area contributed by atoms with Gasteiger partial charge in [-0.1, -0.05) is 11.6 Å². The Morgan fingerprint density at radius 2 is 2.27 bits per heavy atom. The number of aromatic nitrogens is 1. The van der Waals surface area contributed by atoms with Crippen molar-refractivity contribution in [3.63, 3.8) is 0 Å². The molecular weight excluding hydrogens is 164 g/mol. The largest absolute Gasteiger partial charge is 0.330 e. The molecule has 3 N–H and O–H groups in total. The SMILES string of the molecule is NCCc1cc(Cl)cc(=O)[nH]1. The van der Waals surface area contributed by atoms with E-state index in [0.717, 1.165) is 5.69 Å². The number of halogens is 1. The van der Waals surface area contributed by atoms with Crippen LogP contribution in [0.25, 0.3) is 0 Å². The van der Waals surface area contributed by atoms with Gasteiger partial charge < -0.3 is 10.7 Å². The molecule has 1 heterocycles. The Balaban J connectivity index is 2.99. The van der Waals surface area contributed by atoms with Crippen molar-refractivity contribution in [1.29, 1.82) is 0 Å². The van der Waals surface area contributed by atoms with E-state index in [-0.39, 0.29) is 5.56 Å². The summed E-state index contributed by atoms with van der Waals surface area (Å²) in [6, 6.07) is 3.04. The lowest BCUT2D eigenvalue weighted by atomic mass is 10.3. The smallest absolute Gasteiger partial charge is 0.249 e. The summed E-state index contributed by atoms with van der Waals surface area (Å²) in [7, 11) is 0. The zero-order valence-corrected chi connectivity index (χ0v) is 6.69. The van der Waals surface area contributed by atoms with Gasteiger partial charge in [-0.25, -0.2) is 0 Å². The van der Waals surface area contributed by atoms with Crippen LogP contribution in [0.15, 0.2) is 16.9 Å². The molecule has 0 aliphatic heterocycles. The lowest BCUT2D eigenvalue weighted by molar-refractivity contribution is 0.914. The van der Waals surface area contributed by atoms with Crippen LogP contribution >= 0.6 is 11.6 Å². The quantitative estimate of drug-likeness (QED) is 0.684. The molecular formula is C7H9ClN2O. The number of aromatic amines is 1. The molecule has 0 unspecified atom stereocenters. The zero-order valence-electron chi connectivity index (χ0n) is 5.93. The van der Waals surface area contributed by atoms with E-state index in [9.17, 15) is 4.79 Å². The van der Waals surface area contributed by atoms with Gasteiger partial charge in [0.1, 0.15) is 0 Å². The van der Waals surface area contributed by atoms with Gasteiger partial charge in [-0.15, -0.1) is 0 Å². The van der Waals surface area contributed by atoms with E-state index in [1.807, 2.05) is 0 Å². The van der Waals surface area contributed by atoms with E-state index < -0.39 is 0 Å². The Kier molecular flexibility index (Phi) is 2.68. The maximum atomic E-state index is 10.8. The molecule has 0 saturated heterocycles. The number of hydrogen-bond acceptors (Lipinski definition) is 2. The second-order valence-electron chi connectivity index (χ2n) is 2.23. The van der Waals surface area contributed by atoms with Crippen LogP contribution in [0.2, 0.25) is 5.02 Å². The molecule has 0 aromatic carbocycles. The van der Waals surface area contributed by atoms with E-state index in [0.29, 0.717) is 18.0 Å². The highest BCUT2D eigenvalue weighted by Gasteiger charge is 1.94. The zero-order chi connectivity index (χ0) is 8.27. The van der Waals surface area contributed by atoms with Crippen molar-refractivity contribution in [2.75, 3.05) is 6.54 Å². The molecule has 0 amide bonds. The molecule has 0 saturated carbocycles. The van der Waals surface area contributed by atoms with Gasteiger partial charge in [0.15, 0.2) is 0 Å². The third-order valence-electron chi connectivity index (χ3n) is 1.28. The molecule has 0 aliphatic rings. The fraction of sp³-hybridized carbons (Fsp3) is 0.286. The van der Waals surface area contributed by atoms with E-state index >= 15 is 0 Å². The maximum Gasteiger partial charge on any atom is 0.249 e. The van der Waals surface area contributed by atoms with Crippen LogP contribution in [-0.4, -0.2) is 11.5 Å². The summed E-state index contributed by atoms with van der Waals surface area (Å²) in [6.45, 7) is 0.510. The summed E-state index contributed by atoms with van der Waals surface area (Å²) in [5, 5.41) is 0.456. The minimum absolute atomic E-state index is 0.180. The normalized spacial score (nSPS) is 10.0. The molecule has 1 aromatic rings. The molecule has 3 nitrogen and oxygen atoms in total. The van der Waals surface area contributed by atoms with Crippen LogP contribution in [-0.2, 0) is 6.42 Å². The Morgan fingerprint density at radius 1 is 1.55 bits per heavy atom. The average Bonchev–Trinajstić information content (AvgIpc) is 1.85. The second-order valence-corrected chi connectivity index (χ2v) is 2.66. The van der Waals surface area contributed by atoms with Gasteiger partial charge in [0.05, 0.1) is 0 Å². The summed E-state index contributed by atoms with van der Waals surface area (Å²) in [5.74, 6) is 0. The first kappa shape index (κ1) is 8.30. The third-order valence-corrected chi connectivity index (χ3v) is 1.50. The van der Waals surface area contributed by atoms with E-state index in [2.05, 4.69) is 4.98 Å². The van der Waals surface area contributed by atoms with Gasteiger partial charge in [0.25, 0.3) is 0 Å². The summed E-state index contributed by atoms with van der Waals surface area (Å²) >= 11 is 5.63. The second kappa shape index (κ2) is 3.55. The van der Waals surface area contributed by atoms with Crippen molar-refractivity contribution >= 4 is 11.6 Å². The van der Waals surface area contributed by atoms with Gasteiger partial charge in [-0.05, 0) is 19.0 Å². The number of hydrogen-bond donors (Lipinski definition) is 2. The Morgan fingerprint density at radius 3 is 2.82 bits per heavy atom. The summed E-state index contributed by atoms with van der Waals surface area (Å²) < 4.78 is 0. The van der Waals surface area contributed by atoms with Gasteiger partial charge in [0, 0.05) is 16.8 Å².